The quantitative estimate of drug-likeness (QED) is 0.423. The summed E-state index contributed by atoms with van der Waals surface area (Å²) >= 11 is 0. The lowest BCUT2D eigenvalue weighted by Crippen LogP contribution is -2.38. The Hall–Kier alpha value is -2.00. The summed E-state index contributed by atoms with van der Waals surface area (Å²) in [7, 11) is 3.68. The Morgan fingerprint density at radius 2 is 1.94 bits per heavy atom. The molecule has 0 N–H and O–H groups in total. The average molecular weight is 511 g/mol. The van der Waals surface area contributed by atoms with Gasteiger partial charge >= 0.3 is 6.09 Å². The summed E-state index contributed by atoms with van der Waals surface area (Å²) in [4.78, 5) is 15.9. The molecular weight excluding hydrogens is 466 g/mol. The van der Waals surface area contributed by atoms with E-state index in [1.54, 1.807) is 11.9 Å². The second-order valence-electron chi connectivity index (χ2n) is 11.5. The first kappa shape index (κ1) is 28.6. The molecule has 0 aromatic carbocycles. The monoisotopic (exact) mass is 510 g/mol. The molecule has 36 heavy (non-hydrogen) atoms. The number of nitrogens with zero attached hydrogens (tertiary/aromatic N) is 4. The number of carbonyl (C=O) groups excluding carboxylic acids is 1. The number of aromatic nitrogens is 2. The van der Waals surface area contributed by atoms with Crippen molar-refractivity contribution in [3.8, 4) is 0 Å². The van der Waals surface area contributed by atoms with E-state index in [2.05, 4.69) is 23.0 Å². The van der Waals surface area contributed by atoms with Crippen molar-refractivity contribution in [2.24, 2.45) is 5.41 Å². The van der Waals surface area contributed by atoms with Gasteiger partial charge in [0.2, 0.25) is 0 Å². The van der Waals surface area contributed by atoms with E-state index in [1.165, 1.54) is 4.68 Å². The molecular formula is C27H44F2N4O3. The van der Waals surface area contributed by atoms with E-state index in [0.29, 0.717) is 31.9 Å². The molecule has 0 bridgehead atoms. The standard InChI is InChI=1S/C27H44F2N4O3/c1-8-26(19-35-9-2)12-10-20(11-13-26)23-21(30-33-18-27(28,29)16-22(23)33)17-31(6)14-15-32(7)24(34)36-25(3,4)5/h10H,8-9,11-19H2,1-7H3. The topological polar surface area (TPSA) is 59.8 Å². The molecule has 0 fully saturated rings. The second kappa shape index (κ2) is 11.2. The summed E-state index contributed by atoms with van der Waals surface area (Å²) in [6.07, 6.45) is 5.33. The van der Waals surface area contributed by atoms with Crippen molar-refractivity contribution in [2.45, 2.75) is 91.3 Å². The third-order valence-electron chi connectivity index (χ3n) is 7.27. The van der Waals surface area contributed by atoms with Crippen LogP contribution in [0.2, 0.25) is 0 Å². The summed E-state index contributed by atoms with van der Waals surface area (Å²) in [5, 5.41) is 4.64. The fourth-order valence-electron chi connectivity index (χ4n) is 4.99. The van der Waals surface area contributed by atoms with Crippen LogP contribution in [0.3, 0.4) is 0 Å². The van der Waals surface area contributed by atoms with E-state index in [-0.39, 0.29) is 24.5 Å². The number of amides is 1. The third-order valence-corrected chi connectivity index (χ3v) is 7.27. The fraction of sp³-hybridized carbons (Fsp3) is 0.778. The average Bonchev–Trinajstić information content (AvgIpc) is 3.25. The summed E-state index contributed by atoms with van der Waals surface area (Å²) in [5.74, 6) is -2.75. The molecule has 1 aromatic rings. The molecule has 1 atom stereocenters. The number of halogens is 2. The molecule has 2 heterocycles. The minimum Gasteiger partial charge on any atom is -0.444 e. The highest BCUT2D eigenvalue weighted by molar-refractivity contribution is 5.71. The van der Waals surface area contributed by atoms with E-state index >= 15 is 0 Å². The van der Waals surface area contributed by atoms with Crippen LogP contribution in [0, 0.1) is 5.41 Å². The number of hydrogen-bond acceptors (Lipinski definition) is 5. The van der Waals surface area contributed by atoms with Crippen molar-refractivity contribution < 1.29 is 23.0 Å². The van der Waals surface area contributed by atoms with Crippen molar-refractivity contribution in [3.63, 3.8) is 0 Å². The minimum absolute atomic E-state index is 0.114. The number of hydrogen-bond donors (Lipinski definition) is 0. The molecule has 0 spiro atoms. The van der Waals surface area contributed by atoms with Crippen LogP contribution in [0.1, 0.15) is 77.3 Å². The molecule has 1 aliphatic heterocycles. The number of ether oxygens (including phenoxy) is 2. The zero-order chi connectivity index (χ0) is 26.7. The van der Waals surface area contributed by atoms with Gasteiger partial charge in [0.25, 0.3) is 5.92 Å². The fourth-order valence-corrected chi connectivity index (χ4v) is 4.99. The Balaban J connectivity index is 1.74. The van der Waals surface area contributed by atoms with E-state index in [0.717, 1.165) is 49.1 Å². The normalized spacial score (nSPS) is 21.4. The van der Waals surface area contributed by atoms with Gasteiger partial charge in [0, 0.05) is 38.9 Å². The van der Waals surface area contributed by atoms with Gasteiger partial charge < -0.3 is 14.4 Å². The molecule has 7 nitrogen and oxygen atoms in total. The molecule has 0 saturated carbocycles. The summed E-state index contributed by atoms with van der Waals surface area (Å²) in [5.41, 5.74) is 3.08. The Bertz CT molecular complexity index is 954. The van der Waals surface area contributed by atoms with E-state index in [9.17, 15) is 13.6 Å². The van der Waals surface area contributed by atoms with Crippen LogP contribution in [0.25, 0.3) is 5.57 Å². The maximum absolute atomic E-state index is 14.3. The van der Waals surface area contributed by atoms with Crippen molar-refractivity contribution in [3.05, 3.63) is 23.0 Å². The highest BCUT2D eigenvalue weighted by Gasteiger charge is 2.42. The maximum Gasteiger partial charge on any atom is 0.410 e. The number of alkyl halides is 2. The molecule has 1 amide bonds. The first-order valence-corrected chi connectivity index (χ1v) is 13.1. The Kier molecular flexibility index (Phi) is 8.87. The predicted octanol–water partition coefficient (Wildman–Crippen LogP) is 5.37. The molecule has 204 valence electrons. The van der Waals surface area contributed by atoms with Gasteiger partial charge in [-0.2, -0.15) is 5.10 Å². The SMILES string of the molecule is CCOCC1(CC)CC=C(c2c(CN(C)CCN(C)C(=O)OC(C)(C)C)nn3c2CC(F)(F)C3)CC1. The summed E-state index contributed by atoms with van der Waals surface area (Å²) in [6.45, 7) is 12.4. The van der Waals surface area contributed by atoms with E-state index < -0.39 is 11.5 Å². The number of rotatable bonds is 10. The molecule has 1 aromatic heterocycles. The predicted molar refractivity (Wildman–Crippen MR) is 137 cm³/mol. The van der Waals surface area contributed by atoms with E-state index in [4.69, 9.17) is 9.47 Å². The number of fused-ring (bicyclic) bond motifs is 1. The lowest BCUT2D eigenvalue weighted by molar-refractivity contribution is 0.000768. The minimum atomic E-state index is -2.75. The smallest absolute Gasteiger partial charge is 0.410 e. The molecule has 0 saturated heterocycles. The highest BCUT2D eigenvalue weighted by Crippen LogP contribution is 2.44. The van der Waals surface area contributed by atoms with Gasteiger partial charge in [-0.15, -0.1) is 0 Å². The lowest BCUT2D eigenvalue weighted by atomic mass is 9.72. The van der Waals surface area contributed by atoms with Crippen LogP contribution in [0.5, 0.6) is 0 Å². The Morgan fingerprint density at radius 3 is 2.53 bits per heavy atom. The number of allylic oxidation sites excluding steroid dienone is 2. The third kappa shape index (κ3) is 7.06. The van der Waals surface area contributed by atoms with Gasteiger partial charge in [-0.1, -0.05) is 13.0 Å². The molecule has 9 heteroatoms. The van der Waals surface area contributed by atoms with Crippen molar-refractivity contribution in [1.29, 1.82) is 0 Å². The lowest BCUT2D eigenvalue weighted by Gasteiger charge is -2.35. The summed E-state index contributed by atoms with van der Waals surface area (Å²) in [6, 6.07) is 0. The first-order chi connectivity index (χ1) is 16.8. The van der Waals surface area contributed by atoms with Crippen LogP contribution >= 0.6 is 0 Å². The van der Waals surface area contributed by atoms with Crippen LogP contribution < -0.4 is 0 Å². The van der Waals surface area contributed by atoms with Crippen LogP contribution in [-0.4, -0.2) is 77.6 Å². The molecule has 2 aliphatic rings. The van der Waals surface area contributed by atoms with Crippen molar-refractivity contribution in [2.75, 3.05) is 40.4 Å². The summed E-state index contributed by atoms with van der Waals surface area (Å²) < 4.78 is 41.3. The van der Waals surface area contributed by atoms with Gasteiger partial charge in [0.1, 0.15) is 12.1 Å². The van der Waals surface area contributed by atoms with Gasteiger partial charge in [-0.25, -0.2) is 13.6 Å². The van der Waals surface area contributed by atoms with Gasteiger partial charge in [-0.05, 0) is 71.4 Å². The van der Waals surface area contributed by atoms with Crippen LogP contribution in [0.15, 0.2) is 6.08 Å². The Labute approximate surface area is 214 Å². The number of carbonyl (C=O) groups is 1. The largest absolute Gasteiger partial charge is 0.444 e. The zero-order valence-electron chi connectivity index (χ0n) is 23.1. The van der Waals surface area contributed by atoms with Gasteiger partial charge in [0.05, 0.1) is 24.4 Å². The maximum atomic E-state index is 14.3. The van der Waals surface area contributed by atoms with Gasteiger partial charge in [0.15, 0.2) is 0 Å². The Morgan fingerprint density at radius 1 is 1.22 bits per heavy atom. The molecule has 1 aliphatic carbocycles. The molecule has 0 radical (unpaired) electrons. The van der Waals surface area contributed by atoms with Gasteiger partial charge in [-0.3, -0.25) is 9.58 Å². The number of likely N-dealkylation sites (N-methyl/N-ethyl adjacent to an activating group) is 2. The second-order valence-corrected chi connectivity index (χ2v) is 11.5. The van der Waals surface area contributed by atoms with Crippen molar-refractivity contribution in [1.82, 2.24) is 19.6 Å². The molecule has 1 unspecified atom stereocenters. The molecule has 3 rings (SSSR count). The highest BCUT2D eigenvalue weighted by atomic mass is 19.3. The van der Waals surface area contributed by atoms with Crippen LogP contribution in [0.4, 0.5) is 13.6 Å². The van der Waals surface area contributed by atoms with E-state index in [1.807, 2.05) is 34.7 Å². The van der Waals surface area contributed by atoms with Crippen LogP contribution in [-0.2, 0) is 29.0 Å². The first-order valence-electron chi connectivity index (χ1n) is 13.1. The zero-order valence-corrected chi connectivity index (χ0v) is 23.1. The van der Waals surface area contributed by atoms with Crippen molar-refractivity contribution >= 4 is 11.7 Å².